The van der Waals surface area contributed by atoms with Gasteiger partial charge in [-0.2, -0.15) is 0 Å². The van der Waals surface area contributed by atoms with Crippen LogP contribution in [0.4, 0.5) is 0 Å². The first-order valence-corrected chi connectivity index (χ1v) is 5.47. The topological polar surface area (TPSA) is 17.1 Å². The van der Waals surface area contributed by atoms with Gasteiger partial charge in [-0.15, -0.1) is 0 Å². The molecule has 0 unspecified atom stereocenters. The molecule has 0 fully saturated rings. The quantitative estimate of drug-likeness (QED) is 0.664. The number of carbonyl (C=O) groups excluding carboxylic acids is 1. The van der Waals surface area contributed by atoms with E-state index in [0.717, 1.165) is 5.56 Å². The molecular weight excluding hydrogens is 184 g/mol. The highest BCUT2D eigenvalue weighted by Gasteiger charge is 2.22. The fraction of sp³-hybridized carbons (Fsp3) is 0.500. The molecule has 1 aromatic rings. The lowest BCUT2D eigenvalue weighted by molar-refractivity contribution is 0.0858. The Morgan fingerprint density at radius 3 is 2.27 bits per heavy atom. The molecule has 0 aliphatic heterocycles. The maximum atomic E-state index is 12.0. The molecule has 0 saturated heterocycles. The summed E-state index contributed by atoms with van der Waals surface area (Å²) in [5.41, 5.74) is 1.76. The lowest BCUT2D eigenvalue weighted by Crippen LogP contribution is -2.20. The Bertz CT molecular complexity index is 356. The Morgan fingerprint density at radius 1 is 1.20 bits per heavy atom. The van der Waals surface area contributed by atoms with Crippen molar-refractivity contribution in [3.8, 4) is 0 Å². The summed E-state index contributed by atoms with van der Waals surface area (Å²) in [6, 6.07) is 7.95. The number of benzene rings is 1. The van der Waals surface area contributed by atoms with Gasteiger partial charge in [-0.1, -0.05) is 52.8 Å². The molecule has 0 aliphatic rings. The van der Waals surface area contributed by atoms with Crippen molar-refractivity contribution in [3.63, 3.8) is 0 Å². The molecule has 0 spiro atoms. The highest BCUT2D eigenvalue weighted by atomic mass is 16.1. The Hall–Kier alpha value is -1.11. The van der Waals surface area contributed by atoms with E-state index in [9.17, 15) is 4.79 Å². The van der Waals surface area contributed by atoms with Gasteiger partial charge in [0, 0.05) is 11.0 Å². The van der Waals surface area contributed by atoms with Crippen LogP contribution >= 0.6 is 0 Å². The van der Waals surface area contributed by atoms with Crippen LogP contribution in [0.25, 0.3) is 0 Å². The molecule has 1 aromatic carbocycles. The minimum Gasteiger partial charge on any atom is -0.294 e. The van der Waals surface area contributed by atoms with E-state index in [4.69, 9.17) is 0 Å². The SMILES string of the molecule is CC(C)c1cccc(C(=O)C(C)(C)C)c1. The molecule has 1 rings (SSSR count). The summed E-state index contributed by atoms with van der Waals surface area (Å²) in [6.45, 7) is 10.1. The van der Waals surface area contributed by atoms with E-state index in [0.29, 0.717) is 5.92 Å². The zero-order valence-electron chi connectivity index (χ0n) is 10.3. The van der Waals surface area contributed by atoms with Crippen molar-refractivity contribution in [3.05, 3.63) is 35.4 Å². The van der Waals surface area contributed by atoms with Gasteiger partial charge in [0.25, 0.3) is 0 Å². The van der Waals surface area contributed by atoms with Crippen LogP contribution < -0.4 is 0 Å². The van der Waals surface area contributed by atoms with E-state index in [2.05, 4.69) is 19.9 Å². The lowest BCUT2D eigenvalue weighted by atomic mass is 9.85. The molecule has 0 saturated carbocycles. The fourth-order valence-electron chi connectivity index (χ4n) is 1.47. The average molecular weight is 204 g/mol. The molecule has 0 radical (unpaired) electrons. The van der Waals surface area contributed by atoms with Crippen molar-refractivity contribution < 1.29 is 4.79 Å². The van der Waals surface area contributed by atoms with Crippen molar-refractivity contribution in [1.82, 2.24) is 0 Å². The van der Waals surface area contributed by atoms with Gasteiger partial charge in [-0.25, -0.2) is 0 Å². The monoisotopic (exact) mass is 204 g/mol. The third-order valence-electron chi connectivity index (χ3n) is 2.50. The van der Waals surface area contributed by atoms with Gasteiger partial charge < -0.3 is 0 Å². The van der Waals surface area contributed by atoms with E-state index in [1.165, 1.54) is 5.56 Å². The second-order valence-electron chi connectivity index (χ2n) is 5.36. The highest BCUT2D eigenvalue weighted by molar-refractivity contribution is 5.99. The van der Waals surface area contributed by atoms with Crippen molar-refractivity contribution in [1.29, 1.82) is 0 Å². The number of carbonyl (C=O) groups is 1. The third kappa shape index (κ3) is 2.92. The summed E-state index contributed by atoms with van der Waals surface area (Å²) in [7, 11) is 0. The first-order valence-electron chi connectivity index (χ1n) is 5.47. The number of hydrogen-bond donors (Lipinski definition) is 0. The lowest BCUT2D eigenvalue weighted by Gasteiger charge is -2.17. The number of hydrogen-bond acceptors (Lipinski definition) is 1. The standard InChI is InChI=1S/C14H20O/c1-10(2)11-7-6-8-12(9-11)13(15)14(3,4)5/h6-10H,1-5H3. The largest absolute Gasteiger partial charge is 0.294 e. The minimum atomic E-state index is -0.296. The molecule has 0 amide bonds. The first-order chi connectivity index (χ1) is 6.82. The summed E-state index contributed by atoms with van der Waals surface area (Å²) in [5.74, 6) is 0.683. The van der Waals surface area contributed by atoms with Gasteiger partial charge in [-0.3, -0.25) is 4.79 Å². The number of Topliss-reactive ketones (excluding diaryl/α,β-unsaturated/α-hetero) is 1. The average Bonchev–Trinajstić information content (AvgIpc) is 2.15. The van der Waals surface area contributed by atoms with Crippen molar-refractivity contribution in [2.75, 3.05) is 0 Å². The molecule has 1 nitrogen and oxygen atoms in total. The second-order valence-corrected chi connectivity index (χ2v) is 5.36. The van der Waals surface area contributed by atoms with Crippen LogP contribution in [0.15, 0.2) is 24.3 Å². The van der Waals surface area contributed by atoms with E-state index in [1.807, 2.05) is 39.0 Å². The zero-order valence-corrected chi connectivity index (χ0v) is 10.3. The van der Waals surface area contributed by atoms with E-state index in [-0.39, 0.29) is 11.2 Å². The van der Waals surface area contributed by atoms with Gasteiger partial charge in [0.1, 0.15) is 0 Å². The molecule has 1 heteroatoms. The molecule has 15 heavy (non-hydrogen) atoms. The van der Waals surface area contributed by atoms with Gasteiger partial charge >= 0.3 is 0 Å². The minimum absolute atomic E-state index is 0.213. The second kappa shape index (κ2) is 4.18. The summed E-state index contributed by atoms with van der Waals surface area (Å²) >= 11 is 0. The summed E-state index contributed by atoms with van der Waals surface area (Å²) in [6.07, 6.45) is 0. The molecule has 0 bridgehead atoms. The van der Waals surface area contributed by atoms with Crippen LogP contribution in [-0.2, 0) is 0 Å². The maximum absolute atomic E-state index is 12.0. The Balaban J connectivity index is 3.06. The Labute approximate surface area is 92.5 Å². The Kier molecular flexibility index (Phi) is 3.33. The van der Waals surface area contributed by atoms with Crippen LogP contribution in [0, 0.1) is 5.41 Å². The fourth-order valence-corrected chi connectivity index (χ4v) is 1.47. The summed E-state index contributed by atoms with van der Waals surface area (Å²) < 4.78 is 0. The number of rotatable bonds is 2. The van der Waals surface area contributed by atoms with Crippen molar-refractivity contribution >= 4 is 5.78 Å². The molecule has 0 atom stereocenters. The van der Waals surface area contributed by atoms with E-state index in [1.54, 1.807) is 0 Å². The Morgan fingerprint density at radius 2 is 1.80 bits per heavy atom. The predicted molar refractivity (Wildman–Crippen MR) is 64.3 cm³/mol. The first kappa shape index (κ1) is 12.0. The highest BCUT2D eigenvalue weighted by Crippen LogP contribution is 2.23. The molecule has 82 valence electrons. The van der Waals surface area contributed by atoms with E-state index < -0.39 is 0 Å². The van der Waals surface area contributed by atoms with Gasteiger partial charge in [-0.05, 0) is 17.5 Å². The van der Waals surface area contributed by atoms with Crippen LogP contribution in [-0.4, -0.2) is 5.78 Å². The summed E-state index contributed by atoms with van der Waals surface area (Å²) in [5, 5.41) is 0. The maximum Gasteiger partial charge on any atom is 0.168 e. The predicted octanol–water partition coefficient (Wildman–Crippen LogP) is 4.04. The zero-order chi connectivity index (χ0) is 11.6. The van der Waals surface area contributed by atoms with Gasteiger partial charge in [0.15, 0.2) is 5.78 Å². The van der Waals surface area contributed by atoms with Crippen LogP contribution in [0.3, 0.4) is 0 Å². The summed E-state index contributed by atoms with van der Waals surface area (Å²) in [4.78, 5) is 12.0. The molecule has 0 aromatic heterocycles. The smallest absolute Gasteiger partial charge is 0.168 e. The van der Waals surface area contributed by atoms with Gasteiger partial charge in [0.2, 0.25) is 0 Å². The van der Waals surface area contributed by atoms with Crippen molar-refractivity contribution in [2.24, 2.45) is 5.41 Å². The molecule has 0 N–H and O–H groups in total. The van der Waals surface area contributed by atoms with Crippen LogP contribution in [0.5, 0.6) is 0 Å². The third-order valence-corrected chi connectivity index (χ3v) is 2.50. The molecule has 0 heterocycles. The van der Waals surface area contributed by atoms with Crippen LogP contribution in [0.2, 0.25) is 0 Å². The molecular formula is C14H20O. The van der Waals surface area contributed by atoms with Crippen molar-refractivity contribution in [2.45, 2.75) is 40.5 Å². The van der Waals surface area contributed by atoms with Crippen LogP contribution in [0.1, 0.15) is 56.5 Å². The molecule has 0 aliphatic carbocycles. The van der Waals surface area contributed by atoms with E-state index >= 15 is 0 Å². The number of ketones is 1. The normalized spacial score (nSPS) is 11.9. The van der Waals surface area contributed by atoms with Gasteiger partial charge in [0.05, 0.1) is 0 Å².